The van der Waals surface area contributed by atoms with Gasteiger partial charge in [0, 0.05) is 19.0 Å². The predicted octanol–water partition coefficient (Wildman–Crippen LogP) is 4.98. The van der Waals surface area contributed by atoms with Gasteiger partial charge >= 0.3 is 12.4 Å². The molecular weight excluding hydrogens is 460 g/mol. The Hall–Kier alpha value is -2.96. The number of benzene rings is 1. The lowest BCUT2D eigenvalue weighted by Gasteiger charge is -2.21. The number of carbonyl (C=O) groups excluding carboxylic acids is 1. The molecule has 13 heteroatoms. The van der Waals surface area contributed by atoms with E-state index in [1.165, 1.54) is 38.0 Å². The van der Waals surface area contributed by atoms with E-state index in [9.17, 15) is 31.1 Å². The molecule has 2 heterocycles. The van der Waals surface area contributed by atoms with Crippen molar-refractivity contribution in [1.82, 2.24) is 14.5 Å². The van der Waals surface area contributed by atoms with Crippen molar-refractivity contribution in [2.75, 3.05) is 23.4 Å². The molecule has 0 saturated heterocycles. The standard InChI is InChI=1S/C19H17F6N5OS/c1-4-32-14-7-12-11(28-17(30(12)3)19(23,24)25)5-9(14)16(31)29(2)13-8-27-15(6-10(13)26)18(20,21)22/h5-8H,4H2,1-3H3,(H2,26,27). The van der Waals surface area contributed by atoms with Crippen molar-refractivity contribution in [3.05, 3.63) is 41.5 Å². The number of aryl methyl sites for hydroxylation is 1. The highest BCUT2D eigenvalue weighted by Crippen LogP contribution is 2.36. The van der Waals surface area contributed by atoms with Gasteiger partial charge in [-0.25, -0.2) is 9.97 Å². The molecule has 1 amide bonds. The number of hydrogen-bond donors (Lipinski definition) is 1. The van der Waals surface area contributed by atoms with Crippen LogP contribution in [0.15, 0.2) is 29.3 Å². The van der Waals surface area contributed by atoms with E-state index in [0.29, 0.717) is 16.7 Å². The molecule has 2 aromatic heterocycles. The van der Waals surface area contributed by atoms with Gasteiger partial charge in [-0.05, 0) is 24.0 Å². The van der Waals surface area contributed by atoms with Gasteiger partial charge in [-0.2, -0.15) is 26.3 Å². The Kier molecular flexibility index (Phi) is 6.06. The maximum absolute atomic E-state index is 13.2. The summed E-state index contributed by atoms with van der Waals surface area (Å²) in [7, 11) is 2.51. The molecule has 0 fully saturated rings. The Bertz CT molecular complexity index is 1190. The molecule has 3 aromatic rings. The zero-order valence-corrected chi connectivity index (χ0v) is 17.8. The molecule has 0 atom stereocenters. The lowest BCUT2D eigenvalue weighted by Crippen LogP contribution is -2.28. The lowest BCUT2D eigenvalue weighted by molar-refractivity contribution is -0.146. The number of thioether (sulfide) groups is 1. The highest BCUT2D eigenvalue weighted by molar-refractivity contribution is 7.99. The number of fused-ring (bicyclic) bond motifs is 1. The number of nitrogens with zero attached hydrogens (tertiary/aromatic N) is 4. The predicted molar refractivity (Wildman–Crippen MR) is 108 cm³/mol. The van der Waals surface area contributed by atoms with Gasteiger partial charge in [0.2, 0.25) is 5.82 Å². The summed E-state index contributed by atoms with van der Waals surface area (Å²) in [6.45, 7) is 1.80. The van der Waals surface area contributed by atoms with Crippen LogP contribution in [0, 0.1) is 0 Å². The van der Waals surface area contributed by atoms with Crippen molar-refractivity contribution in [2.45, 2.75) is 24.2 Å². The largest absolute Gasteiger partial charge is 0.449 e. The number of pyridine rings is 1. The molecule has 0 aliphatic rings. The quantitative estimate of drug-likeness (QED) is 0.424. The van der Waals surface area contributed by atoms with Crippen LogP contribution in [0.1, 0.15) is 28.8 Å². The number of alkyl halides is 6. The number of hydrogen-bond acceptors (Lipinski definition) is 5. The molecule has 172 valence electrons. The summed E-state index contributed by atoms with van der Waals surface area (Å²) in [5.41, 5.74) is 4.28. The summed E-state index contributed by atoms with van der Waals surface area (Å²) in [5, 5.41) is 0. The molecule has 1 aromatic carbocycles. The van der Waals surface area contributed by atoms with Crippen LogP contribution in [-0.2, 0) is 19.4 Å². The van der Waals surface area contributed by atoms with Crippen molar-refractivity contribution in [3.63, 3.8) is 0 Å². The molecule has 0 radical (unpaired) electrons. The van der Waals surface area contributed by atoms with Crippen LogP contribution in [0.2, 0.25) is 0 Å². The van der Waals surface area contributed by atoms with E-state index in [1.54, 1.807) is 6.92 Å². The highest BCUT2D eigenvalue weighted by Gasteiger charge is 2.37. The van der Waals surface area contributed by atoms with Gasteiger partial charge in [0.15, 0.2) is 0 Å². The van der Waals surface area contributed by atoms with Crippen LogP contribution < -0.4 is 10.6 Å². The maximum Gasteiger partial charge on any atom is 0.449 e. The molecule has 0 aliphatic heterocycles. The minimum Gasteiger partial charge on any atom is -0.397 e. The van der Waals surface area contributed by atoms with Crippen LogP contribution in [0.3, 0.4) is 0 Å². The number of halogens is 6. The van der Waals surface area contributed by atoms with E-state index in [2.05, 4.69) is 9.97 Å². The van der Waals surface area contributed by atoms with Crippen molar-refractivity contribution in [2.24, 2.45) is 7.05 Å². The summed E-state index contributed by atoms with van der Waals surface area (Å²) < 4.78 is 79.1. The second kappa shape index (κ2) is 8.19. The van der Waals surface area contributed by atoms with Gasteiger partial charge in [0.25, 0.3) is 5.91 Å². The number of aromatic nitrogens is 3. The number of anilines is 2. The number of nitrogens with two attached hydrogens (primary N) is 1. The summed E-state index contributed by atoms with van der Waals surface area (Å²) in [6, 6.07) is 3.27. The van der Waals surface area contributed by atoms with Crippen molar-refractivity contribution >= 4 is 40.1 Å². The van der Waals surface area contributed by atoms with E-state index < -0.39 is 29.8 Å². The van der Waals surface area contributed by atoms with Crippen LogP contribution in [0.25, 0.3) is 11.0 Å². The molecular formula is C19H17F6N5OS. The fourth-order valence-corrected chi connectivity index (χ4v) is 3.91. The van der Waals surface area contributed by atoms with E-state index in [-0.39, 0.29) is 28.0 Å². The van der Waals surface area contributed by atoms with E-state index in [4.69, 9.17) is 5.73 Å². The molecule has 6 nitrogen and oxygen atoms in total. The first-order valence-electron chi connectivity index (χ1n) is 9.07. The first kappa shape index (κ1) is 23.7. The van der Waals surface area contributed by atoms with Gasteiger partial charge < -0.3 is 15.2 Å². The summed E-state index contributed by atoms with van der Waals surface area (Å²) >= 11 is 1.23. The molecule has 0 saturated carbocycles. The minimum atomic E-state index is -4.71. The fraction of sp³-hybridized carbons (Fsp3) is 0.316. The Morgan fingerprint density at radius 2 is 1.81 bits per heavy atom. The summed E-state index contributed by atoms with van der Waals surface area (Å²) in [6.07, 6.45) is -8.57. The average Bonchev–Trinajstić information content (AvgIpc) is 3.02. The lowest BCUT2D eigenvalue weighted by atomic mass is 10.1. The van der Waals surface area contributed by atoms with Gasteiger partial charge in [-0.15, -0.1) is 11.8 Å². The van der Waals surface area contributed by atoms with E-state index in [0.717, 1.165) is 15.7 Å². The molecule has 2 N–H and O–H groups in total. The number of rotatable bonds is 4. The van der Waals surface area contributed by atoms with Crippen LogP contribution in [-0.4, -0.2) is 33.2 Å². The second-order valence-electron chi connectivity index (χ2n) is 6.75. The molecule has 0 bridgehead atoms. The zero-order chi connectivity index (χ0) is 24.0. The van der Waals surface area contributed by atoms with Crippen LogP contribution >= 0.6 is 11.8 Å². The fourth-order valence-electron chi connectivity index (χ4n) is 3.10. The second-order valence-corrected chi connectivity index (χ2v) is 8.06. The first-order chi connectivity index (χ1) is 14.8. The topological polar surface area (TPSA) is 77.0 Å². The van der Waals surface area contributed by atoms with Gasteiger partial charge in [-0.3, -0.25) is 4.79 Å². The van der Waals surface area contributed by atoms with Gasteiger partial charge in [0.05, 0.1) is 34.2 Å². The summed E-state index contributed by atoms with van der Waals surface area (Å²) in [5.74, 6) is -1.28. The van der Waals surface area contributed by atoms with Crippen molar-refractivity contribution in [1.29, 1.82) is 0 Å². The van der Waals surface area contributed by atoms with Crippen molar-refractivity contribution < 1.29 is 31.1 Å². The third kappa shape index (κ3) is 4.33. The Morgan fingerprint density at radius 3 is 2.34 bits per heavy atom. The zero-order valence-electron chi connectivity index (χ0n) is 17.0. The number of amides is 1. The average molecular weight is 477 g/mol. The molecule has 32 heavy (non-hydrogen) atoms. The Balaban J connectivity index is 2.09. The van der Waals surface area contributed by atoms with Gasteiger partial charge in [0.1, 0.15) is 5.69 Å². The number of carbonyl (C=O) groups is 1. The third-order valence-corrected chi connectivity index (χ3v) is 5.57. The Morgan fingerprint density at radius 1 is 1.16 bits per heavy atom. The highest BCUT2D eigenvalue weighted by atomic mass is 32.2. The van der Waals surface area contributed by atoms with Crippen LogP contribution in [0.5, 0.6) is 0 Å². The first-order valence-corrected chi connectivity index (χ1v) is 10.1. The summed E-state index contributed by atoms with van der Waals surface area (Å²) in [4.78, 5) is 21.5. The Labute approximate surface area is 182 Å². The smallest absolute Gasteiger partial charge is 0.397 e. The van der Waals surface area contributed by atoms with Gasteiger partial charge in [-0.1, -0.05) is 6.92 Å². The number of nitrogen functional groups attached to an aromatic ring is 1. The van der Waals surface area contributed by atoms with E-state index in [1.807, 2.05) is 0 Å². The third-order valence-electron chi connectivity index (χ3n) is 4.64. The molecule has 0 spiro atoms. The maximum atomic E-state index is 13.2. The molecule has 0 unspecified atom stereocenters. The molecule has 0 aliphatic carbocycles. The molecule has 3 rings (SSSR count). The number of imidazole rings is 1. The SMILES string of the molecule is CCSc1cc2c(cc1C(=O)N(C)c1cnc(C(F)(F)F)cc1N)nc(C(F)(F)F)n2C. The van der Waals surface area contributed by atoms with Crippen molar-refractivity contribution in [3.8, 4) is 0 Å². The monoisotopic (exact) mass is 477 g/mol. The normalized spacial score (nSPS) is 12.4. The minimum absolute atomic E-state index is 0.0398. The van der Waals surface area contributed by atoms with Crippen LogP contribution in [0.4, 0.5) is 37.7 Å². The van der Waals surface area contributed by atoms with E-state index >= 15 is 0 Å².